The summed E-state index contributed by atoms with van der Waals surface area (Å²) in [6.07, 6.45) is 3.14. The van der Waals surface area contributed by atoms with E-state index in [4.69, 9.17) is 9.47 Å². The van der Waals surface area contributed by atoms with Gasteiger partial charge in [0.05, 0.1) is 14.2 Å². The summed E-state index contributed by atoms with van der Waals surface area (Å²) in [5.74, 6) is 1.02. The smallest absolute Gasteiger partial charge is 0.271 e. The maximum Gasteiger partial charge on any atom is 0.271 e. The van der Waals surface area contributed by atoms with Gasteiger partial charge in [0, 0.05) is 24.7 Å². The topological polar surface area (TPSA) is 73.7 Å². The van der Waals surface area contributed by atoms with Crippen LogP contribution in [0.1, 0.15) is 32.2 Å². The van der Waals surface area contributed by atoms with Crippen LogP contribution in [0.3, 0.4) is 0 Å². The molecule has 1 unspecified atom stereocenters. The Hall–Kier alpha value is -2.83. The highest BCUT2D eigenvalue weighted by Crippen LogP contribution is 2.28. The minimum absolute atomic E-state index is 0.0739. The Bertz CT molecular complexity index is 855. The second kappa shape index (κ2) is 8.24. The van der Waals surface area contributed by atoms with E-state index in [1.807, 2.05) is 29.2 Å². The van der Waals surface area contributed by atoms with Crippen molar-refractivity contribution in [3.05, 3.63) is 40.7 Å². The third-order valence-electron chi connectivity index (χ3n) is 4.90. The lowest BCUT2D eigenvalue weighted by molar-refractivity contribution is -0.135. The van der Waals surface area contributed by atoms with Crippen LogP contribution in [0.15, 0.2) is 35.1 Å². The van der Waals surface area contributed by atoms with E-state index in [2.05, 4.69) is 5.10 Å². The first-order chi connectivity index (χ1) is 13.0. The maximum atomic E-state index is 12.8. The van der Waals surface area contributed by atoms with Gasteiger partial charge in [0.25, 0.3) is 5.56 Å². The van der Waals surface area contributed by atoms with Crippen molar-refractivity contribution in [3.8, 4) is 22.8 Å². The first kappa shape index (κ1) is 18.9. The summed E-state index contributed by atoms with van der Waals surface area (Å²) in [7, 11) is 3.10. The SMILES string of the molecule is COc1ccc(-c2nn(C(C)C(=O)N3CCCCC3)c(=O)cc2OC)cc1. The Kier molecular flexibility index (Phi) is 5.78. The van der Waals surface area contributed by atoms with E-state index in [0.29, 0.717) is 11.4 Å². The molecule has 1 aliphatic heterocycles. The molecule has 1 aromatic heterocycles. The molecule has 144 valence electrons. The van der Waals surface area contributed by atoms with E-state index in [0.717, 1.165) is 43.7 Å². The summed E-state index contributed by atoms with van der Waals surface area (Å²) in [4.78, 5) is 27.2. The average molecular weight is 371 g/mol. The largest absolute Gasteiger partial charge is 0.497 e. The highest BCUT2D eigenvalue weighted by atomic mass is 16.5. The zero-order valence-electron chi connectivity index (χ0n) is 16.0. The van der Waals surface area contributed by atoms with Crippen molar-refractivity contribution in [1.29, 1.82) is 0 Å². The van der Waals surface area contributed by atoms with Gasteiger partial charge in [-0.2, -0.15) is 5.10 Å². The molecule has 1 aliphatic rings. The van der Waals surface area contributed by atoms with Crippen LogP contribution in [0.2, 0.25) is 0 Å². The van der Waals surface area contributed by atoms with Crippen molar-refractivity contribution in [1.82, 2.24) is 14.7 Å². The summed E-state index contributed by atoms with van der Waals surface area (Å²) < 4.78 is 11.8. The van der Waals surface area contributed by atoms with E-state index in [9.17, 15) is 9.59 Å². The standard InChI is InChI=1S/C20H25N3O4/c1-14(20(25)22-11-5-4-6-12-22)23-18(24)13-17(27-3)19(21-23)15-7-9-16(26-2)10-8-15/h7-10,13-14H,4-6,11-12H2,1-3H3. The van der Waals surface area contributed by atoms with Gasteiger partial charge in [-0.15, -0.1) is 0 Å². The van der Waals surface area contributed by atoms with E-state index < -0.39 is 6.04 Å². The van der Waals surface area contributed by atoms with Gasteiger partial charge in [0.2, 0.25) is 5.91 Å². The van der Waals surface area contributed by atoms with Gasteiger partial charge in [0.15, 0.2) is 5.75 Å². The molecule has 0 N–H and O–H groups in total. The molecule has 1 amide bonds. The van der Waals surface area contributed by atoms with Crippen LogP contribution in [0, 0.1) is 0 Å². The fraction of sp³-hybridized carbons (Fsp3) is 0.450. The summed E-state index contributed by atoms with van der Waals surface area (Å²) in [5, 5.41) is 4.48. The highest BCUT2D eigenvalue weighted by Gasteiger charge is 2.26. The summed E-state index contributed by atoms with van der Waals surface area (Å²) in [6.45, 7) is 3.19. The Morgan fingerprint density at radius 2 is 1.74 bits per heavy atom. The number of nitrogens with zero attached hydrogens (tertiary/aromatic N) is 3. The fourth-order valence-electron chi connectivity index (χ4n) is 3.32. The number of hydrogen-bond donors (Lipinski definition) is 0. The molecule has 27 heavy (non-hydrogen) atoms. The molecule has 1 aromatic carbocycles. The van der Waals surface area contributed by atoms with Gasteiger partial charge >= 0.3 is 0 Å². The highest BCUT2D eigenvalue weighted by molar-refractivity contribution is 5.80. The zero-order valence-corrected chi connectivity index (χ0v) is 16.0. The van der Waals surface area contributed by atoms with Crippen molar-refractivity contribution in [2.24, 2.45) is 0 Å². The molecule has 0 spiro atoms. The lowest BCUT2D eigenvalue weighted by Gasteiger charge is -2.29. The average Bonchev–Trinajstić information content (AvgIpc) is 2.73. The molecule has 7 nitrogen and oxygen atoms in total. The zero-order chi connectivity index (χ0) is 19.4. The number of benzene rings is 1. The van der Waals surface area contributed by atoms with Crippen LogP contribution < -0.4 is 15.0 Å². The number of hydrogen-bond acceptors (Lipinski definition) is 5. The number of carbonyl (C=O) groups excluding carboxylic acids is 1. The van der Waals surface area contributed by atoms with Gasteiger partial charge in [-0.25, -0.2) is 4.68 Å². The molecule has 1 saturated heterocycles. The number of methoxy groups -OCH3 is 2. The molecule has 0 saturated carbocycles. The number of likely N-dealkylation sites (tertiary alicyclic amines) is 1. The monoisotopic (exact) mass is 371 g/mol. The van der Waals surface area contributed by atoms with Crippen molar-refractivity contribution in [3.63, 3.8) is 0 Å². The Labute approximate surface area is 158 Å². The minimum Gasteiger partial charge on any atom is -0.497 e. The van der Waals surface area contributed by atoms with Crippen LogP contribution in [-0.4, -0.2) is 47.9 Å². The number of aromatic nitrogens is 2. The van der Waals surface area contributed by atoms with Crippen LogP contribution in [-0.2, 0) is 4.79 Å². The third-order valence-corrected chi connectivity index (χ3v) is 4.90. The number of rotatable bonds is 5. The van der Waals surface area contributed by atoms with Gasteiger partial charge in [-0.1, -0.05) is 0 Å². The van der Waals surface area contributed by atoms with Crippen LogP contribution in [0.5, 0.6) is 11.5 Å². The van der Waals surface area contributed by atoms with Crippen molar-refractivity contribution in [2.45, 2.75) is 32.2 Å². The van der Waals surface area contributed by atoms with Gasteiger partial charge in [-0.05, 0) is 50.5 Å². The Morgan fingerprint density at radius 3 is 2.33 bits per heavy atom. The van der Waals surface area contributed by atoms with Gasteiger partial charge in [0.1, 0.15) is 17.5 Å². The Balaban J connectivity index is 1.97. The summed E-state index contributed by atoms with van der Waals surface area (Å²) >= 11 is 0. The fourth-order valence-corrected chi connectivity index (χ4v) is 3.32. The van der Waals surface area contributed by atoms with Crippen molar-refractivity contribution >= 4 is 5.91 Å². The molecule has 1 fully saturated rings. The number of ether oxygens (including phenoxy) is 2. The number of piperidine rings is 1. The molecule has 1 atom stereocenters. The van der Waals surface area contributed by atoms with Gasteiger partial charge in [-0.3, -0.25) is 9.59 Å². The van der Waals surface area contributed by atoms with Crippen LogP contribution >= 0.6 is 0 Å². The van der Waals surface area contributed by atoms with E-state index in [-0.39, 0.29) is 11.5 Å². The molecule has 0 aliphatic carbocycles. The number of carbonyl (C=O) groups is 1. The minimum atomic E-state index is -0.668. The first-order valence-corrected chi connectivity index (χ1v) is 9.16. The first-order valence-electron chi connectivity index (χ1n) is 9.16. The van der Waals surface area contributed by atoms with E-state index >= 15 is 0 Å². The van der Waals surface area contributed by atoms with Crippen molar-refractivity contribution < 1.29 is 14.3 Å². The normalized spacial score (nSPS) is 15.3. The molecule has 2 heterocycles. The van der Waals surface area contributed by atoms with E-state index in [1.165, 1.54) is 17.9 Å². The third kappa shape index (κ3) is 3.97. The second-order valence-electron chi connectivity index (χ2n) is 6.63. The van der Waals surface area contributed by atoms with Gasteiger partial charge < -0.3 is 14.4 Å². The molecular weight excluding hydrogens is 346 g/mol. The quantitative estimate of drug-likeness (QED) is 0.807. The molecule has 7 heteroatoms. The van der Waals surface area contributed by atoms with E-state index in [1.54, 1.807) is 14.0 Å². The predicted octanol–water partition coefficient (Wildman–Crippen LogP) is 2.50. The molecule has 0 radical (unpaired) electrons. The molecular formula is C20H25N3O4. The summed E-state index contributed by atoms with van der Waals surface area (Å²) in [5.41, 5.74) is 0.930. The lowest BCUT2D eigenvalue weighted by Crippen LogP contribution is -2.42. The summed E-state index contributed by atoms with van der Waals surface area (Å²) in [6, 6.07) is 8.03. The van der Waals surface area contributed by atoms with Crippen molar-refractivity contribution in [2.75, 3.05) is 27.3 Å². The van der Waals surface area contributed by atoms with Crippen LogP contribution in [0.4, 0.5) is 0 Å². The second-order valence-corrected chi connectivity index (χ2v) is 6.63. The van der Waals surface area contributed by atoms with Crippen LogP contribution in [0.25, 0.3) is 11.3 Å². The molecule has 2 aromatic rings. The molecule has 0 bridgehead atoms. The predicted molar refractivity (Wildman–Crippen MR) is 102 cm³/mol. The number of amides is 1. The molecule has 3 rings (SSSR count). The lowest BCUT2D eigenvalue weighted by atomic mass is 10.1. The maximum absolute atomic E-state index is 12.8. The Morgan fingerprint density at radius 1 is 1.07 bits per heavy atom.